The Morgan fingerprint density at radius 1 is 1.07 bits per heavy atom. The average molecular weight is 214 g/mol. The molecule has 2 rings (SSSR count). The highest BCUT2D eigenvalue weighted by Gasteiger charge is 2.15. The second kappa shape index (κ2) is 6.43. The Hall–Kier alpha value is -1.06. The van der Waals surface area contributed by atoms with Gasteiger partial charge in [-0.3, -0.25) is 9.59 Å². The fourth-order valence-electron chi connectivity index (χ4n) is 1.45. The average Bonchev–Trinajstić information content (AvgIpc) is 2.19. The zero-order chi connectivity index (χ0) is 11.1. The molecule has 0 radical (unpaired) electrons. The molecule has 2 heterocycles. The first-order valence-electron chi connectivity index (χ1n) is 5.49. The molecule has 2 saturated heterocycles. The minimum Gasteiger partial charge on any atom is -0.466 e. The predicted molar refractivity (Wildman–Crippen MR) is 54.2 cm³/mol. The summed E-state index contributed by atoms with van der Waals surface area (Å²) in [6.45, 7) is 3.33. The molecule has 0 aromatic heterocycles. The summed E-state index contributed by atoms with van der Waals surface area (Å²) in [6, 6.07) is 0. The van der Waals surface area contributed by atoms with Crippen LogP contribution in [-0.2, 0) is 19.1 Å². The summed E-state index contributed by atoms with van der Waals surface area (Å²) >= 11 is 0. The fraction of sp³-hybridized carbons (Fsp3) is 0.818. The molecule has 2 aliphatic heterocycles. The van der Waals surface area contributed by atoms with Crippen molar-refractivity contribution in [3.63, 3.8) is 0 Å². The van der Waals surface area contributed by atoms with Crippen LogP contribution in [0.25, 0.3) is 0 Å². The zero-order valence-corrected chi connectivity index (χ0v) is 9.16. The molecule has 4 nitrogen and oxygen atoms in total. The van der Waals surface area contributed by atoms with Gasteiger partial charge in [-0.05, 0) is 25.2 Å². The van der Waals surface area contributed by atoms with Crippen LogP contribution in [0.5, 0.6) is 0 Å². The SMILES string of the molecule is CC1CCOC(=O)C1.O=C1CCCCO1. The van der Waals surface area contributed by atoms with Gasteiger partial charge in [0, 0.05) is 12.8 Å². The van der Waals surface area contributed by atoms with Crippen molar-refractivity contribution in [2.75, 3.05) is 13.2 Å². The van der Waals surface area contributed by atoms with Crippen molar-refractivity contribution in [3.05, 3.63) is 0 Å². The van der Waals surface area contributed by atoms with Crippen LogP contribution in [0.1, 0.15) is 39.0 Å². The third-order valence-corrected chi connectivity index (χ3v) is 2.43. The maximum absolute atomic E-state index is 10.5. The van der Waals surface area contributed by atoms with E-state index in [1.54, 1.807) is 0 Å². The van der Waals surface area contributed by atoms with Crippen LogP contribution in [0.15, 0.2) is 0 Å². The van der Waals surface area contributed by atoms with Crippen molar-refractivity contribution in [1.29, 1.82) is 0 Å². The van der Waals surface area contributed by atoms with E-state index in [1.165, 1.54) is 0 Å². The van der Waals surface area contributed by atoms with Crippen LogP contribution < -0.4 is 0 Å². The molecule has 0 spiro atoms. The summed E-state index contributed by atoms with van der Waals surface area (Å²) in [6.07, 6.45) is 4.33. The van der Waals surface area contributed by atoms with Crippen molar-refractivity contribution in [1.82, 2.24) is 0 Å². The fourth-order valence-corrected chi connectivity index (χ4v) is 1.45. The Morgan fingerprint density at radius 2 is 1.80 bits per heavy atom. The lowest BCUT2D eigenvalue weighted by molar-refractivity contribution is -0.149. The highest BCUT2D eigenvalue weighted by Crippen LogP contribution is 2.13. The Labute approximate surface area is 89.9 Å². The lowest BCUT2D eigenvalue weighted by Gasteiger charge is -2.16. The van der Waals surface area contributed by atoms with Crippen molar-refractivity contribution in [2.45, 2.75) is 39.0 Å². The van der Waals surface area contributed by atoms with E-state index in [0.29, 0.717) is 32.0 Å². The smallest absolute Gasteiger partial charge is 0.306 e. The molecule has 2 fully saturated rings. The lowest BCUT2D eigenvalue weighted by Crippen LogP contribution is -2.18. The number of esters is 2. The van der Waals surface area contributed by atoms with Crippen LogP contribution in [0.2, 0.25) is 0 Å². The number of hydrogen-bond acceptors (Lipinski definition) is 4. The second-order valence-corrected chi connectivity index (χ2v) is 4.00. The number of rotatable bonds is 0. The van der Waals surface area contributed by atoms with Gasteiger partial charge in [-0.1, -0.05) is 6.92 Å². The molecule has 0 amide bonds. The second-order valence-electron chi connectivity index (χ2n) is 4.00. The van der Waals surface area contributed by atoms with Crippen LogP contribution in [-0.4, -0.2) is 25.2 Å². The van der Waals surface area contributed by atoms with Crippen molar-refractivity contribution in [2.24, 2.45) is 5.92 Å². The Kier molecular flexibility index (Phi) is 5.15. The van der Waals surface area contributed by atoms with E-state index in [9.17, 15) is 9.59 Å². The Morgan fingerprint density at radius 3 is 2.13 bits per heavy atom. The molecule has 0 aliphatic carbocycles. The largest absolute Gasteiger partial charge is 0.466 e. The molecule has 4 heteroatoms. The van der Waals surface area contributed by atoms with E-state index in [0.717, 1.165) is 19.3 Å². The number of carbonyl (C=O) groups is 2. The van der Waals surface area contributed by atoms with Gasteiger partial charge in [0.05, 0.1) is 13.2 Å². The highest BCUT2D eigenvalue weighted by molar-refractivity contribution is 5.70. The van der Waals surface area contributed by atoms with E-state index in [2.05, 4.69) is 11.7 Å². The van der Waals surface area contributed by atoms with Crippen molar-refractivity contribution >= 4 is 11.9 Å². The number of carbonyl (C=O) groups excluding carboxylic acids is 2. The van der Waals surface area contributed by atoms with Gasteiger partial charge in [-0.15, -0.1) is 0 Å². The third-order valence-electron chi connectivity index (χ3n) is 2.43. The molecule has 15 heavy (non-hydrogen) atoms. The summed E-state index contributed by atoms with van der Waals surface area (Å²) in [7, 11) is 0. The molecular formula is C11H18O4. The molecular weight excluding hydrogens is 196 g/mol. The van der Waals surface area contributed by atoms with E-state index in [1.807, 2.05) is 0 Å². The van der Waals surface area contributed by atoms with Crippen LogP contribution in [0.3, 0.4) is 0 Å². The Balaban J connectivity index is 0.000000151. The summed E-state index contributed by atoms with van der Waals surface area (Å²) in [5, 5.41) is 0. The molecule has 0 aromatic carbocycles. The molecule has 1 unspecified atom stereocenters. The van der Waals surface area contributed by atoms with E-state index in [4.69, 9.17) is 4.74 Å². The minimum absolute atomic E-state index is 0.0359. The molecule has 1 atom stereocenters. The number of ether oxygens (including phenoxy) is 2. The predicted octanol–water partition coefficient (Wildman–Crippen LogP) is 1.67. The summed E-state index contributed by atoms with van der Waals surface area (Å²) in [5.74, 6) is 0.464. The van der Waals surface area contributed by atoms with Gasteiger partial charge in [-0.25, -0.2) is 0 Å². The van der Waals surface area contributed by atoms with Gasteiger partial charge in [-0.2, -0.15) is 0 Å². The minimum atomic E-state index is -0.0382. The maximum Gasteiger partial charge on any atom is 0.306 e. The number of cyclic esters (lactones) is 2. The first-order chi connectivity index (χ1) is 7.18. The van der Waals surface area contributed by atoms with E-state index >= 15 is 0 Å². The molecule has 86 valence electrons. The maximum atomic E-state index is 10.5. The van der Waals surface area contributed by atoms with Gasteiger partial charge < -0.3 is 9.47 Å². The van der Waals surface area contributed by atoms with Gasteiger partial charge in [0.2, 0.25) is 0 Å². The monoisotopic (exact) mass is 214 g/mol. The quantitative estimate of drug-likeness (QED) is 0.575. The zero-order valence-electron chi connectivity index (χ0n) is 9.16. The first kappa shape index (κ1) is 12.0. The van der Waals surface area contributed by atoms with Gasteiger partial charge in [0.25, 0.3) is 0 Å². The highest BCUT2D eigenvalue weighted by atomic mass is 16.5. The van der Waals surface area contributed by atoms with Gasteiger partial charge in [0.1, 0.15) is 0 Å². The van der Waals surface area contributed by atoms with Gasteiger partial charge >= 0.3 is 11.9 Å². The van der Waals surface area contributed by atoms with Crippen LogP contribution in [0, 0.1) is 5.92 Å². The third kappa shape index (κ3) is 5.40. The molecule has 2 aliphatic rings. The molecule has 0 saturated carbocycles. The molecule has 0 N–H and O–H groups in total. The molecule has 0 bridgehead atoms. The standard InChI is InChI=1S/C6H10O2.C5H8O2/c1-5-2-3-8-6(7)4-5;6-5-3-1-2-4-7-5/h5H,2-4H2,1H3;1-4H2. The first-order valence-corrected chi connectivity index (χ1v) is 5.49. The van der Waals surface area contributed by atoms with E-state index in [-0.39, 0.29) is 11.9 Å². The van der Waals surface area contributed by atoms with Crippen molar-refractivity contribution in [3.8, 4) is 0 Å². The Bertz CT molecular complexity index is 217. The normalized spacial score (nSPS) is 25.8. The summed E-state index contributed by atoms with van der Waals surface area (Å²) in [5.41, 5.74) is 0. The van der Waals surface area contributed by atoms with Crippen molar-refractivity contribution < 1.29 is 19.1 Å². The molecule has 0 aromatic rings. The van der Waals surface area contributed by atoms with Crippen LogP contribution in [0.4, 0.5) is 0 Å². The van der Waals surface area contributed by atoms with E-state index < -0.39 is 0 Å². The summed E-state index contributed by atoms with van der Waals surface area (Å²) in [4.78, 5) is 20.7. The summed E-state index contributed by atoms with van der Waals surface area (Å²) < 4.78 is 9.35. The topological polar surface area (TPSA) is 52.6 Å². The number of hydrogen-bond donors (Lipinski definition) is 0. The lowest BCUT2D eigenvalue weighted by atomic mass is 10.0. The van der Waals surface area contributed by atoms with Crippen LogP contribution >= 0.6 is 0 Å². The van der Waals surface area contributed by atoms with Gasteiger partial charge in [0.15, 0.2) is 0 Å².